The Morgan fingerprint density at radius 3 is 2.36 bits per heavy atom. The molecule has 0 bridgehead atoms. The molecule has 0 aliphatic rings. The average molecular weight is 327 g/mol. The molecule has 1 heterocycles. The zero-order valence-electron chi connectivity index (χ0n) is 13.3. The molecule has 0 saturated carbocycles. The van der Waals surface area contributed by atoms with Crippen molar-refractivity contribution in [3.8, 4) is 0 Å². The number of anilines is 1. The third-order valence-corrected chi connectivity index (χ3v) is 3.45. The second-order valence-corrected chi connectivity index (χ2v) is 7.10. The monoisotopic (exact) mass is 327 g/mol. The molecule has 1 aromatic rings. The van der Waals surface area contributed by atoms with Gasteiger partial charge in [0.15, 0.2) is 13.1 Å². The van der Waals surface area contributed by atoms with Gasteiger partial charge in [-0.15, -0.1) is 11.3 Å². The second-order valence-electron chi connectivity index (χ2n) is 6.18. The molecular weight excluding hydrogens is 304 g/mol. The summed E-state index contributed by atoms with van der Waals surface area (Å²) in [7, 11) is 1.76. The smallest absolute Gasteiger partial charge is 0.280 e. The molecule has 0 fully saturated rings. The lowest BCUT2D eigenvalue weighted by molar-refractivity contribution is -0.862. The van der Waals surface area contributed by atoms with Crippen molar-refractivity contribution in [2.45, 2.75) is 26.3 Å². The number of primary amides is 1. The topological polar surface area (TPSA) is 106 Å². The Morgan fingerprint density at radius 1 is 1.23 bits per heavy atom. The molecular formula is C14H23N4O3S+. The number of thiophene rings is 1. The highest BCUT2D eigenvalue weighted by molar-refractivity contribution is 7.14. The van der Waals surface area contributed by atoms with Crippen LogP contribution in [0.1, 0.15) is 31.1 Å². The van der Waals surface area contributed by atoms with E-state index in [4.69, 9.17) is 5.73 Å². The minimum absolute atomic E-state index is 0.119. The minimum atomic E-state index is -0.582. The van der Waals surface area contributed by atoms with Gasteiger partial charge in [-0.25, -0.2) is 0 Å². The van der Waals surface area contributed by atoms with Crippen LogP contribution in [0.2, 0.25) is 0 Å². The molecule has 0 saturated heterocycles. The number of carbonyl (C=O) groups excluding carboxylic acids is 3. The zero-order chi connectivity index (χ0) is 16.9. The molecule has 3 amide bonds. The molecule has 1 aromatic heterocycles. The molecule has 1 rings (SSSR count). The van der Waals surface area contributed by atoms with Crippen LogP contribution in [-0.4, -0.2) is 43.4 Å². The molecule has 5 N–H and O–H groups in total. The number of rotatable bonds is 6. The summed E-state index contributed by atoms with van der Waals surface area (Å²) in [5, 5.41) is 7.61. The first kappa shape index (κ1) is 18.1. The van der Waals surface area contributed by atoms with E-state index in [9.17, 15) is 14.4 Å². The summed E-state index contributed by atoms with van der Waals surface area (Å²) in [6, 6.07) is 1.57. The third kappa shape index (κ3) is 6.23. The highest BCUT2D eigenvalue weighted by atomic mass is 32.1. The second kappa shape index (κ2) is 7.37. The van der Waals surface area contributed by atoms with Crippen molar-refractivity contribution in [2.75, 3.05) is 25.5 Å². The van der Waals surface area contributed by atoms with Crippen LogP contribution in [0.4, 0.5) is 5.00 Å². The van der Waals surface area contributed by atoms with Gasteiger partial charge >= 0.3 is 0 Å². The van der Waals surface area contributed by atoms with E-state index in [1.807, 2.05) is 20.8 Å². The Morgan fingerprint density at radius 2 is 1.82 bits per heavy atom. The lowest BCUT2D eigenvalue weighted by Gasteiger charge is -2.21. The fourth-order valence-corrected chi connectivity index (χ4v) is 2.65. The Labute approximate surface area is 133 Å². The Hall–Kier alpha value is -1.93. The van der Waals surface area contributed by atoms with Gasteiger partial charge in [0, 0.05) is 5.54 Å². The van der Waals surface area contributed by atoms with Gasteiger partial charge in [-0.05, 0) is 32.2 Å². The van der Waals surface area contributed by atoms with Crippen LogP contribution in [0.25, 0.3) is 0 Å². The first-order valence-corrected chi connectivity index (χ1v) is 7.76. The summed E-state index contributed by atoms with van der Waals surface area (Å²) in [5.41, 5.74) is 5.21. The van der Waals surface area contributed by atoms with E-state index in [1.54, 1.807) is 18.5 Å². The molecule has 0 spiro atoms. The number of likely N-dealkylation sites (N-methyl/N-ethyl adjacent to an activating group) is 1. The molecule has 0 aromatic carbocycles. The SMILES string of the molecule is C[NH+](CC(=O)Nc1sccc1C(N)=O)CC(=O)NC(C)(C)C. The number of nitrogens with one attached hydrogen (secondary N) is 3. The summed E-state index contributed by atoms with van der Waals surface area (Å²) in [4.78, 5) is 35.7. The van der Waals surface area contributed by atoms with Crippen molar-refractivity contribution in [3.63, 3.8) is 0 Å². The van der Waals surface area contributed by atoms with E-state index in [1.165, 1.54) is 11.3 Å². The van der Waals surface area contributed by atoms with Crippen LogP contribution in [0.3, 0.4) is 0 Å². The molecule has 1 atom stereocenters. The molecule has 8 heteroatoms. The molecule has 7 nitrogen and oxygen atoms in total. The summed E-state index contributed by atoms with van der Waals surface area (Å²) < 4.78 is 0. The first-order chi connectivity index (χ1) is 10.1. The molecule has 0 radical (unpaired) electrons. The Kier molecular flexibility index (Phi) is 6.07. The van der Waals surface area contributed by atoms with Crippen molar-refractivity contribution in [1.82, 2.24) is 5.32 Å². The van der Waals surface area contributed by atoms with Crippen LogP contribution < -0.4 is 21.3 Å². The molecule has 0 aliphatic carbocycles. The molecule has 122 valence electrons. The number of carbonyl (C=O) groups is 3. The van der Waals surface area contributed by atoms with Gasteiger partial charge in [-0.2, -0.15) is 0 Å². The van der Waals surface area contributed by atoms with E-state index in [0.717, 1.165) is 4.90 Å². The molecule has 1 unspecified atom stereocenters. The normalized spacial score (nSPS) is 12.5. The van der Waals surface area contributed by atoms with E-state index >= 15 is 0 Å². The van der Waals surface area contributed by atoms with Crippen molar-refractivity contribution in [1.29, 1.82) is 0 Å². The van der Waals surface area contributed by atoms with Crippen LogP contribution in [0.15, 0.2) is 11.4 Å². The molecule has 22 heavy (non-hydrogen) atoms. The number of hydrogen-bond acceptors (Lipinski definition) is 4. The lowest BCUT2D eigenvalue weighted by atomic mass is 10.1. The quantitative estimate of drug-likeness (QED) is 0.550. The Balaban J connectivity index is 2.49. The van der Waals surface area contributed by atoms with Crippen LogP contribution in [0, 0.1) is 0 Å². The largest absolute Gasteiger partial charge is 0.366 e. The average Bonchev–Trinajstić information content (AvgIpc) is 2.73. The van der Waals surface area contributed by atoms with E-state index in [2.05, 4.69) is 10.6 Å². The number of amides is 3. The standard InChI is InChI=1S/C14H22N4O3S/c1-14(2,3)17-11(20)8-18(4)7-10(19)16-13-9(12(15)21)5-6-22-13/h5-6H,7-8H2,1-4H3,(H2,15,21)(H,16,19)(H,17,20)/p+1. The van der Waals surface area contributed by atoms with E-state index < -0.39 is 5.91 Å². The van der Waals surface area contributed by atoms with Gasteiger partial charge < -0.3 is 21.3 Å². The van der Waals surface area contributed by atoms with E-state index in [0.29, 0.717) is 10.6 Å². The Bertz CT molecular complexity index is 563. The summed E-state index contributed by atoms with van der Waals surface area (Å²) in [6.07, 6.45) is 0. The van der Waals surface area contributed by atoms with Gasteiger partial charge in [0.25, 0.3) is 17.7 Å². The summed E-state index contributed by atoms with van der Waals surface area (Å²) in [5.74, 6) is -0.973. The van der Waals surface area contributed by atoms with Crippen molar-refractivity contribution < 1.29 is 19.3 Å². The van der Waals surface area contributed by atoms with Crippen molar-refractivity contribution in [3.05, 3.63) is 17.0 Å². The van der Waals surface area contributed by atoms with Crippen LogP contribution in [-0.2, 0) is 9.59 Å². The van der Waals surface area contributed by atoms with Crippen LogP contribution >= 0.6 is 11.3 Å². The fraction of sp³-hybridized carbons (Fsp3) is 0.500. The van der Waals surface area contributed by atoms with Gasteiger partial charge in [-0.3, -0.25) is 14.4 Å². The highest BCUT2D eigenvalue weighted by Crippen LogP contribution is 2.22. The summed E-state index contributed by atoms with van der Waals surface area (Å²) in [6.45, 7) is 6.00. The maximum absolute atomic E-state index is 12.0. The maximum Gasteiger partial charge on any atom is 0.280 e. The third-order valence-electron chi connectivity index (χ3n) is 2.62. The van der Waals surface area contributed by atoms with Gasteiger partial charge in [0.1, 0.15) is 5.00 Å². The first-order valence-electron chi connectivity index (χ1n) is 6.88. The molecule has 0 aliphatic heterocycles. The number of nitrogens with two attached hydrogens (primary N) is 1. The highest BCUT2D eigenvalue weighted by Gasteiger charge is 2.20. The van der Waals surface area contributed by atoms with Gasteiger partial charge in [-0.1, -0.05) is 0 Å². The van der Waals surface area contributed by atoms with Crippen molar-refractivity contribution in [2.24, 2.45) is 5.73 Å². The fourth-order valence-electron chi connectivity index (χ4n) is 1.84. The predicted molar refractivity (Wildman–Crippen MR) is 86.0 cm³/mol. The lowest BCUT2D eigenvalue weighted by Crippen LogP contribution is -3.11. The maximum atomic E-state index is 12.0. The van der Waals surface area contributed by atoms with Gasteiger partial charge in [0.05, 0.1) is 12.6 Å². The number of quaternary nitrogens is 1. The number of hydrogen-bond donors (Lipinski definition) is 4. The van der Waals surface area contributed by atoms with Crippen LogP contribution in [0.5, 0.6) is 0 Å². The zero-order valence-corrected chi connectivity index (χ0v) is 14.1. The summed E-state index contributed by atoms with van der Waals surface area (Å²) >= 11 is 1.23. The minimum Gasteiger partial charge on any atom is -0.366 e. The van der Waals surface area contributed by atoms with Gasteiger partial charge in [0.2, 0.25) is 0 Å². The predicted octanol–water partition coefficient (Wildman–Crippen LogP) is -0.785. The van der Waals surface area contributed by atoms with Crippen molar-refractivity contribution >= 4 is 34.1 Å². The van der Waals surface area contributed by atoms with E-state index in [-0.39, 0.29) is 30.4 Å².